The Kier molecular flexibility index (Phi) is 7.26. The molecule has 0 fully saturated rings. The van der Waals surface area contributed by atoms with Crippen molar-refractivity contribution in [2.45, 2.75) is 13.8 Å². The number of carboxylic acids is 1. The van der Waals surface area contributed by atoms with Gasteiger partial charge in [-0.3, -0.25) is 14.9 Å². The molecule has 0 radical (unpaired) electrons. The molecule has 1 aromatic heterocycles. The van der Waals surface area contributed by atoms with Gasteiger partial charge in [-0.1, -0.05) is 11.2 Å². The molecule has 0 saturated heterocycles. The largest absolute Gasteiger partial charge is 0.478 e. The Labute approximate surface area is 221 Å². The van der Waals surface area contributed by atoms with E-state index in [0.29, 0.717) is 16.8 Å². The van der Waals surface area contributed by atoms with Crippen LogP contribution in [0.1, 0.15) is 38.9 Å². The highest BCUT2D eigenvalue weighted by atomic mass is 16.5. The van der Waals surface area contributed by atoms with Gasteiger partial charge in [0.05, 0.1) is 41.1 Å². The lowest BCUT2D eigenvalue weighted by Gasteiger charge is -2.14. The van der Waals surface area contributed by atoms with Crippen molar-refractivity contribution in [3.63, 3.8) is 0 Å². The molecular weight excluding hydrogens is 506 g/mol. The van der Waals surface area contributed by atoms with Crippen LogP contribution in [-0.4, -0.2) is 41.2 Å². The number of ether oxygens (including phenoxy) is 1. The molecule has 0 unspecified atom stereocenters. The summed E-state index contributed by atoms with van der Waals surface area (Å²) in [5.74, 6) is -2.32. The number of methoxy groups -OCH3 is 1. The third kappa shape index (κ3) is 5.52. The number of nitriles is 1. The molecule has 1 heterocycles. The highest BCUT2D eigenvalue weighted by molar-refractivity contribution is 6.14. The number of aromatic carboxylic acids is 1. The van der Waals surface area contributed by atoms with E-state index in [1.807, 2.05) is 13.0 Å². The fraction of sp³-hybridized carbons (Fsp3) is 0.111. The van der Waals surface area contributed by atoms with Crippen molar-refractivity contribution >= 4 is 51.9 Å². The number of benzene rings is 3. The van der Waals surface area contributed by atoms with Crippen LogP contribution in [0.4, 0.5) is 21.9 Å². The van der Waals surface area contributed by atoms with E-state index in [9.17, 15) is 24.3 Å². The predicted molar refractivity (Wildman–Crippen MR) is 141 cm³/mol. The predicted octanol–water partition coefficient (Wildman–Crippen LogP) is 4.76. The molecule has 12 heteroatoms. The first kappa shape index (κ1) is 26.4. The summed E-state index contributed by atoms with van der Waals surface area (Å²) in [5, 5.41) is 30.5. The Morgan fingerprint density at radius 3 is 2.38 bits per heavy atom. The molecule has 196 valence electrons. The molecule has 0 saturated carbocycles. The second kappa shape index (κ2) is 10.7. The van der Waals surface area contributed by atoms with Crippen molar-refractivity contribution in [3.8, 4) is 17.2 Å². The molecule has 0 aliphatic rings. The Morgan fingerprint density at radius 2 is 1.74 bits per heavy atom. The summed E-state index contributed by atoms with van der Waals surface area (Å²) in [6.45, 7) is 3.22. The molecule has 4 aromatic rings. The number of nitrogens with one attached hydrogen (secondary N) is 3. The van der Waals surface area contributed by atoms with E-state index in [-0.39, 0.29) is 45.1 Å². The fourth-order valence-corrected chi connectivity index (χ4v) is 3.96. The molecule has 0 aliphatic heterocycles. The average Bonchev–Trinajstić information content (AvgIpc) is 3.31. The SMILES string of the molecule is COC(=O)Nc1cc2c(C(=O)Nc3ccc(C#N)cc3C(=O)O)noc2cc1-c1ccc(NC(C)=O)cc1C. The number of aromatic nitrogens is 1. The van der Waals surface area contributed by atoms with E-state index >= 15 is 0 Å². The molecule has 0 spiro atoms. The van der Waals surface area contributed by atoms with E-state index < -0.39 is 18.0 Å². The number of fused-ring (bicyclic) bond motifs is 1. The lowest BCUT2D eigenvalue weighted by atomic mass is 9.96. The maximum atomic E-state index is 13.1. The quantitative estimate of drug-likeness (QED) is 0.274. The van der Waals surface area contributed by atoms with Gasteiger partial charge in [0.15, 0.2) is 11.3 Å². The van der Waals surface area contributed by atoms with Crippen LogP contribution in [0.25, 0.3) is 22.1 Å². The monoisotopic (exact) mass is 527 g/mol. The maximum absolute atomic E-state index is 13.1. The normalized spacial score (nSPS) is 10.4. The van der Waals surface area contributed by atoms with Crippen molar-refractivity contribution in [2.24, 2.45) is 0 Å². The number of amides is 3. The molecule has 12 nitrogen and oxygen atoms in total. The summed E-state index contributed by atoms with van der Waals surface area (Å²) in [5.41, 5.74) is 2.73. The third-order valence-corrected chi connectivity index (χ3v) is 5.71. The van der Waals surface area contributed by atoms with E-state index in [1.54, 1.807) is 24.3 Å². The molecule has 3 aromatic carbocycles. The van der Waals surface area contributed by atoms with E-state index in [1.165, 1.54) is 32.2 Å². The van der Waals surface area contributed by atoms with Gasteiger partial charge in [-0.25, -0.2) is 9.59 Å². The molecule has 4 rings (SSSR count). The van der Waals surface area contributed by atoms with Crippen LogP contribution in [0.3, 0.4) is 0 Å². The highest BCUT2D eigenvalue weighted by Crippen LogP contribution is 2.37. The zero-order chi connectivity index (χ0) is 28.3. The van der Waals surface area contributed by atoms with Gasteiger partial charge in [0.1, 0.15) is 0 Å². The van der Waals surface area contributed by atoms with Gasteiger partial charge in [-0.2, -0.15) is 5.26 Å². The van der Waals surface area contributed by atoms with Crippen LogP contribution < -0.4 is 16.0 Å². The minimum atomic E-state index is -1.33. The molecule has 0 bridgehead atoms. The third-order valence-electron chi connectivity index (χ3n) is 5.71. The van der Waals surface area contributed by atoms with Crippen molar-refractivity contribution in [2.75, 3.05) is 23.1 Å². The minimum absolute atomic E-state index is 0.0398. The van der Waals surface area contributed by atoms with Crippen LogP contribution in [0.5, 0.6) is 0 Å². The number of aryl methyl sites for hydroxylation is 1. The lowest BCUT2D eigenvalue weighted by Crippen LogP contribution is -2.16. The van der Waals surface area contributed by atoms with Crippen LogP contribution in [0.15, 0.2) is 53.1 Å². The van der Waals surface area contributed by atoms with Gasteiger partial charge in [0.2, 0.25) is 5.91 Å². The molecule has 4 N–H and O–H groups in total. The standard InChI is InChI=1S/C27H21N5O7/c1-13-8-16(29-14(2)33)5-6-17(13)18-11-23-20(10-22(18)31-27(37)38-3)24(32-39-23)25(34)30-21-7-4-15(12-28)9-19(21)26(35)36/h4-11H,1-3H3,(H,29,33)(H,30,34)(H,31,37)(H,35,36). The summed E-state index contributed by atoms with van der Waals surface area (Å²) in [7, 11) is 1.21. The van der Waals surface area contributed by atoms with Crippen LogP contribution >= 0.6 is 0 Å². The van der Waals surface area contributed by atoms with Crippen molar-refractivity contribution < 1.29 is 33.5 Å². The van der Waals surface area contributed by atoms with Crippen molar-refractivity contribution in [1.29, 1.82) is 5.26 Å². The molecule has 39 heavy (non-hydrogen) atoms. The summed E-state index contributed by atoms with van der Waals surface area (Å²) in [6.07, 6.45) is -0.755. The van der Waals surface area contributed by atoms with Gasteiger partial charge in [-0.15, -0.1) is 0 Å². The second-order valence-corrected chi connectivity index (χ2v) is 8.38. The van der Waals surface area contributed by atoms with Gasteiger partial charge in [-0.05, 0) is 60.5 Å². The van der Waals surface area contributed by atoms with Crippen LogP contribution in [-0.2, 0) is 9.53 Å². The number of carboxylic acid groups (broad SMARTS) is 1. The lowest BCUT2D eigenvalue weighted by molar-refractivity contribution is -0.114. The highest BCUT2D eigenvalue weighted by Gasteiger charge is 2.22. The Bertz CT molecular complexity index is 1700. The zero-order valence-electron chi connectivity index (χ0n) is 20.9. The second-order valence-electron chi connectivity index (χ2n) is 8.38. The summed E-state index contributed by atoms with van der Waals surface area (Å²) < 4.78 is 10.2. The number of nitrogens with zero attached hydrogens (tertiary/aromatic N) is 2. The zero-order valence-corrected chi connectivity index (χ0v) is 20.9. The first-order valence-electron chi connectivity index (χ1n) is 11.4. The fourth-order valence-electron chi connectivity index (χ4n) is 3.96. The van der Waals surface area contributed by atoms with Gasteiger partial charge >= 0.3 is 12.1 Å². The average molecular weight is 527 g/mol. The first-order chi connectivity index (χ1) is 18.6. The number of hydrogen-bond donors (Lipinski definition) is 4. The van der Waals surface area contributed by atoms with E-state index in [0.717, 1.165) is 11.6 Å². The van der Waals surface area contributed by atoms with Gasteiger partial charge in [0.25, 0.3) is 5.91 Å². The Morgan fingerprint density at radius 1 is 0.974 bits per heavy atom. The van der Waals surface area contributed by atoms with E-state index in [2.05, 4.69) is 21.1 Å². The maximum Gasteiger partial charge on any atom is 0.411 e. The minimum Gasteiger partial charge on any atom is -0.478 e. The summed E-state index contributed by atoms with van der Waals surface area (Å²) in [4.78, 5) is 48.3. The summed E-state index contributed by atoms with van der Waals surface area (Å²) in [6, 6.07) is 14.0. The number of anilines is 3. The number of hydrogen-bond acceptors (Lipinski definition) is 8. The topological polar surface area (TPSA) is 184 Å². The summed E-state index contributed by atoms with van der Waals surface area (Å²) >= 11 is 0. The molecule has 3 amide bonds. The first-order valence-corrected chi connectivity index (χ1v) is 11.4. The molecular formula is C27H21N5O7. The van der Waals surface area contributed by atoms with E-state index in [4.69, 9.17) is 14.5 Å². The number of carbonyl (C=O) groups excluding carboxylic acids is 3. The Balaban J connectivity index is 1.78. The number of carbonyl (C=O) groups is 4. The van der Waals surface area contributed by atoms with Gasteiger partial charge in [0, 0.05) is 18.2 Å². The van der Waals surface area contributed by atoms with Crippen LogP contribution in [0.2, 0.25) is 0 Å². The number of rotatable bonds is 6. The smallest absolute Gasteiger partial charge is 0.411 e. The van der Waals surface area contributed by atoms with Crippen LogP contribution in [0, 0.1) is 18.3 Å². The Hall–Kier alpha value is -5.70. The van der Waals surface area contributed by atoms with Crippen molar-refractivity contribution in [1.82, 2.24) is 5.16 Å². The van der Waals surface area contributed by atoms with Gasteiger partial charge < -0.3 is 25.0 Å². The molecule has 0 atom stereocenters. The van der Waals surface area contributed by atoms with Crippen molar-refractivity contribution in [3.05, 3.63) is 70.9 Å². The molecule has 0 aliphatic carbocycles.